The second-order valence-electron chi connectivity index (χ2n) is 6.43. The zero-order chi connectivity index (χ0) is 20.0. The van der Waals surface area contributed by atoms with E-state index in [1.54, 1.807) is 12.1 Å². The summed E-state index contributed by atoms with van der Waals surface area (Å²) >= 11 is 0. The molecule has 0 saturated carbocycles. The third-order valence-electron chi connectivity index (χ3n) is 4.07. The molecular weight excluding hydrogens is 482 g/mol. The molecule has 2 aromatic rings. The van der Waals surface area contributed by atoms with E-state index in [9.17, 15) is 9.18 Å². The Hall–Kier alpha value is -2.16. The van der Waals surface area contributed by atoms with E-state index in [4.69, 9.17) is 0 Å². The molecule has 1 amide bonds. The molecule has 0 aliphatic heterocycles. The van der Waals surface area contributed by atoms with E-state index in [0.717, 1.165) is 31.9 Å². The summed E-state index contributed by atoms with van der Waals surface area (Å²) in [6, 6.07) is 16.5. The number of carbonyl (C=O) groups excluding carboxylic acids is 1. The van der Waals surface area contributed by atoms with Crippen molar-refractivity contribution in [1.82, 2.24) is 16.0 Å². The van der Waals surface area contributed by atoms with E-state index in [-0.39, 0.29) is 42.1 Å². The van der Waals surface area contributed by atoms with E-state index in [1.807, 2.05) is 25.1 Å². The first-order chi connectivity index (χ1) is 13.7. The Labute approximate surface area is 189 Å². The third kappa shape index (κ3) is 10.8. The van der Waals surface area contributed by atoms with Gasteiger partial charge >= 0.3 is 0 Å². The van der Waals surface area contributed by atoms with Gasteiger partial charge in [-0.2, -0.15) is 0 Å². The molecule has 0 spiro atoms. The Balaban J connectivity index is 0.00000420. The molecule has 29 heavy (non-hydrogen) atoms. The fourth-order valence-electron chi connectivity index (χ4n) is 2.74. The normalized spacial score (nSPS) is 10.8. The number of amides is 1. The highest BCUT2D eigenvalue weighted by Gasteiger charge is 2.04. The Bertz CT molecular complexity index is 755. The number of rotatable bonds is 10. The second-order valence-corrected chi connectivity index (χ2v) is 6.43. The van der Waals surface area contributed by atoms with Gasteiger partial charge in [-0.3, -0.25) is 9.79 Å². The lowest BCUT2D eigenvalue weighted by Gasteiger charge is -2.12. The topological polar surface area (TPSA) is 65.5 Å². The molecule has 0 radical (unpaired) electrons. The molecule has 158 valence electrons. The van der Waals surface area contributed by atoms with Gasteiger partial charge in [0.25, 0.3) is 0 Å². The molecule has 3 N–H and O–H groups in total. The molecule has 0 aromatic heterocycles. The summed E-state index contributed by atoms with van der Waals surface area (Å²) in [6.45, 7) is 4.57. The maximum absolute atomic E-state index is 13.1. The van der Waals surface area contributed by atoms with Crippen LogP contribution in [0.15, 0.2) is 59.6 Å². The van der Waals surface area contributed by atoms with Crippen molar-refractivity contribution in [2.24, 2.45) is 4.99 Å². The average Bonchev–Trinajstić information content (AvgIpc) is 2.69. The number of aryl methyl sites for hydroxylation is 1. The summed E-state index contributed by atoms with van der Waals surface area (Å²) in [5.74, 6) is 0.290. The number of nitrogens with one attached hydrogen (secondary N) is 3. The molecule has 5 nitrogen and oxygen atoms in total. The molecule has 0 bridgehead atoms. The summed E-state index contributed by atoms with van der Waals surface area (Å²) in [4.78, 5) is 16.5. The number of hydrogen-bond acceptors (Lipinski definition) is 2. The average molecular weight is 512 g/mol. The molecule has 2 rings (SSSR count). The van der Waals surface area contributed by atoms with Crippen molar-refractivity contribution in [2.45, 2.75) is 26.2 Å². The molecule has 0 unspecified atom stereocenters. The molecule has 0 saturated heterocycles. The Morgan fingerprint density at radius 1 is 0.966 bits per heavy atom. The van der Waals surface area contributed by atoms with Gasteiger partial charge in [-0.1, -0.05) is 42.5 Å². The minimum Gasteiger partial charge on any atom is -0.357 e. The van der Waals surface area contributed by atoms with Gasteiger partial charge in [0, 0.05) is 26.2 Å². The van der Waals surface area contributed by atoms with Crippen LogP contribution in [0.2, 0.25) is 0 Å². The smallest absolute Gasteiger partial charge is 0.224 e. The van der Waals surface area contributed by atoms with E-state index in [1.165, 1.54) is 17.7 Å². The molecule has 0 aliphatic rings. The maximum Gasteiger partial charge on any atom is 0.224 e. The predicted molar refractivity (Wildman–Crippen MR) is 127 cm³/mol. The number of halogens is 2. The third-order valence-corrected chi connectivity index (χ3v) is 4.07. The van der Waals surface area contributed by atoms with Crippen LogP contribution < -0.4 is 16.0 Å². The predicted octanol–water partition coefficient (Wildman–Crippen LogP) is 3.29. The highest BCUT2D eigenvalue weighted by Crippen LogP contribution is 2.04. The van der Waals surface area contributed by atoms with Crippen LogP contribution in [0.1, 0.15) is 24.5 Å². The number of aliphatic imine (C=N–C) groups is 1. The van der Waals surface area contributed by atoms with Crippen LogP contribution in [0.4, 0.5) is 4.39 Å². The summed E-state index contributed by atoms with van der Waals surface area (Å²) < 4.78 is 13.1. The summed E-state index contributed by atoms with van der Waals surface area (Å²) in [5.41, 5.74) is 1.98. The van der Waals surface area contributed by atoms with Gasteiger partial charge in [0.1, 0.15) is 5.82 Å². The van der Waals surface area contributed by atoms with E-state index in [2.05, 4.69) is 33.1 Å². The Morgan fingerprint density at radius 2 is 1.69 bits per heavy atom. The Morgan fingerprint density at radius 3 is 2.41 bits per heavy atom. The van der Waals surface area contributed by atoms with Crippen molar-refractivity contribution in [3.8, 4) is 0 Å². The van der Waals surface area contributed by atoms with Crippen LogP contribution in [-0.4, -0.2) is 38.0 Å². The Kier molecular flexibility index (Phi) is 12.7. The molecule has 0 aliphatic carbocycles. The molecule has 7 heteroatoms. The first-order valence-electron chi connectivity index (χ1n) is 9.74. The zero-order valence-corrected chi connectivity index (χ0v) is 19.1. The van der Waals surface area contributed by atoms with Gasteiger partial charge < -0.3 is 16.0 Å². The van der Waals surface area contributed by atoms with E-state index in [0.29, 0.717) is 18.7 Å². The standard InChI is InChI=1S/C22H29FN4O.HI/c1-2-24-22(26-13-7-11-18-8-4-3-5-9-18)27-15-14-25-21(28)17-19-10-6-12-20(23)16-19;/h3-6,8-10,12,16H,2,7,11,13-15,17H2,1H3,(H,25,28)(H2,24,26,27);1H. The van der Waals surface area contributed by atoms with Crippen molar-refractivity contribution in [1.29, 1.82) is 0 Å². The van der Waals surface area contributed by atoms with Crippen molar-refractivity contribution in [3.63, 3.8) is 0 Å². The van der Waals surface area contributed by atoms with Crippen molar-refractivity contribution >= 4 is 35.8 Å². The van der Waals surface area contributed by atoms with Gasteiger partial charge in [-0.15, -0.1) is 24.0 Å². The van der Waals surface area contributed by atoms with Crippen molar-refractivity contribution in [2.75, 3.05) is 26.2 Å². The lowest BCUT2D eigenvalue weighted by molar-refractivity contribution is -0.120. The van der Waals surface area contributed by atoms with Gasteiger partial charge in [0.05, 0.1) is 6.42 Å². The SMILES string of the molecule is CCNC(=NCCCc1ccccc1)NCCNC(=O)Cc1cccc(F)c1.I. The number of carbonyl (C=O) groups is 1. The van der Waals surface area contributed by atoms with Crippen LogP contribution in [0.3, 0.4) is 0 Å². The van der Waals surface area contributed by atoms with Crippen molar-refractivity contribution in [3.05, 3.63) is 71.5 Å². The van der Waals surface area contributed by atoms with E-state index < -0.39 is 0 Å². The summed E-state index contributed by atoms with van der Waals surface area (Å²) in [6.07, 6.45) is 2.15. The van der Waals surface area contributed by atoms with Crippen molar-refractivity contribution < 1.29 is 9.18 Å². The monoisotopic (exact) mass is 512 g/mol. The molecule has 0 fully saturated rings. The lowest BCUT2D eigenvalue weighted by Crippen LogP contribution is -2.41. The van der Waals surface area contributed by atoms with Crippen LogP contribution in [0, 0.1) is 5.82 Å². The lowest BCUT2D eigenvalue weighted by atomic mass is 10.1. The fourth-order valence-corrected chi connectivity index (χ4v) is 2.74. The van der Waals surface area contributed by atoms with Crippen LogP contribution >= 0.6 is 24.0 Å². The van der Waals surface area contributed by atoms with Gasteiger partial charge in [0.15, 0.2) is 5.96 Å². The number of nitrogens with zero attached hydrogens (tertiary/aromatic N) is 1. The van der Waals surface area contributed by atoms with Crippen LogP contribution in [-0.2, 0) is 17.6 Å². The number of guanidine groups is 1. The van der Waals surface area contributed by atoms with Gasteiger partial charge in [0.2, 0.25) is 5.91 Å². The quantitative estimate of drug-likeness (QED) is 0.198. The van der Waals surface area contributed by atoms with E-state index >= 15 is 0 Å². The largest absolute Gasteiger partial charge is 0.357 e. The molecular formula is C22H30FIN4O. The van der Waals surface area contributed by atoms with Crippen LogP contribution in [0.5, 0.6) is 0 Å². The highest BCUT2D eigenvalue weighted by molar-refractivity contribution is 14.0. The molecule has 0 heterocycles. The maximum atomic E-state index is 13.1. The zero-order valence-electron chi connectivity index (χ0n) is 16.8. The summed E-state index contributed by atoms with van der Waals surface area (Å²) in [5, 5.41) is 9.24. The number of hydrogen-bond donors (Lipinski definition) is 3. The minimum atomic E-state index is -0.328. The molecule has 0 atom stereocenters. The molecule has 2 aromatic carbocycles. The highest BCUT2D eigenvalue weighted by atomic mass is 127. The minimum absolute atomic E-state index is 0. The van der Waals surface area contributed by atoms with Gasteiger partial charge in [-0.05, 0) is 43.0 Å². The fraction of sp³-hybridized carbons (Fsp3) is 0.364. The number of benzene rings is 2. The second kappa shape index (κ2) is 14.8. The first kappa shape index (κ1) is 24.9. The van der Waals surface area contributed by atoms with Gasteiger partial charge in [-0.25, -0.2) is 4.39 Å². The van der Waals surface area contributed by atoms with Crippen LogP contribution in [0.25, 0.3) is 0 Å². The summed E-state index contributed by atoms with van der Waals surface area (Å²) in [7, 11) is 0. The first-order valence-corrected chi connectivity index (χ1v) is 9.74.